The summed E-state index contributed by atoms with van der Waals surface area (Å²) in [5, 5.41) is 11.4. The van der Waals surface area contributed by atoms with Crippen molar-refractivity contribution < 1.29 is 9.59 Å². The SMILES string of the molecule is CNC(=O)Nc1ccc(NC(=O)C2CCNC(C)C2)cc1. The van der Waals surface area contributed by atoms with Crippen LogP contribution < -0.4 is 21.3 Å². The molecule has 0 radical (unpaired) electrons. The Morgan fingerprint density at radius 1 is 1.14 bits per heavy atom. The predicted octanol–water partition coefficient (Wildman–Crippen LogP) is 1.76. The molecular formula is C15H22N4O2. The van der Waals surface area contributed by atoms with Gasteiger partial charge in [-0.2, -0.15) is 0 Å². The molecule has 2 unspecified atom stereocenters. The van der Waals surface area contributed by atoms with E-state index in [1.807, 2.05) is 0 Å². The highest BCUT2D eigenvalue weighted by Gasteiger charge is 2.24. The molecule has 4 N–H and O–H groups in total. The number of carbonyl (C=O) groups is 2. The van der Waals surface area contributed by atoms with E-state index in [9.17, 15) is 9.59 Å². The van der Waals surface area contributed by atoms with Crippen LogP contribution in [0, 0.1) is 5.92 Å². The van der Waals surface area contributed by atoms with E-state index in [-0.39, 0.29) is 17.9 Å². The monoisotopic (exact) mass is 290 g/mol. The third kappa shape index (κ3) is 4.46. The van der Waals surface area contributed by atoms with E-state index in [0.717, 1.165) is 25.1 Å². The molecule has 6 nitrogen and oxygen atoms in total. The lowest BCUT2D eigenvalue weighted by Gasteiger charge is -2.27. The van der Waals surface area contributed by atoms with Gasteiger partial charge in [-0.15, -0.1) is 0 Å². The second-order valence-electron chi connectivity index (χ2n) is 5.35. The largest absolute Gasteiger partial charge is 0.341 e. The summed E-state index contributed by atoms with van der Waals surface area (Å²) in [4.78, 5) is 23.4. The minimum Gasteiger partial charge on any atom is -0.341 e. The van der Waals surface area contributed by atoms with Gasteiger partial charge < -0.3 is 21.3 Å². The number of carbonyl (C=O) groups excluding carboxylic acids is 2. The predicted molar refractivity (Wildman–Crippen MR) is 83.3 cm³/mol. The van der Waals surface area contributed by atoms with Crippen LogP contribution in [0.1, 0.15) is 19.8 Å². The molecule has 1 aromatic rings. The number of nitrogens with one attached hydrogen (secondary N) is 4. The van der Waals surface area contributed by atoms with E-state index in [4.69, 9.17) is 0 Å². The molecule has 2 atom stereocenters. The molecule has 1 aromatic carbocycles. The summed E-state index contributed by atoms with van der Waals surface area (Å²) in [5.41, 5.74) is 1.43. The Bertz CT molecular complexity index is 501. The normalized spacial score (nSPS) is 21.4. The highest BCUT2D eigenvalue weighted by molar-refractivity contribution is 5.93. The van der Waals surface area contributed by atoms with Gasteiger partial charge in [0.15, 0.2) is 0 Å². The van der Waals surface area contributed by atoms with E-state index in [0.29, 0.717) is 11.7 Å². The third-order valence-corrected chi connectivity index (χ3v) is 3.63. The van der Waals surface area contributed by atoms with Gasteiger partial charge in [-0.1, -0.05) is 0 Å². The van der Waals surface area contributed by atoms with Gasteiger partial charge in [-0.25, -0.2) is 4.79 Å². The molecule has 114 valence electrons. The molecule has 2 rings (SSSR count). The molecule has 21 heavy (non-hydrogen) atoms. The second-order valence-corrected chi connectivity index (χ2v) is 5.35. The molecule has 1 saturated heterocycles. The van der Waals surface area contributed by atoms with Crippen molar-refractivity contribution in [2.45, 2.75) is 25.8 Å². The lowest BCUT2D eigenvalue weighted by atomic mass is 9.92. The number of anilines is 2. The fraction of sp³-hybridized carbons (Fsp3) is 0.467. The lowest BCUT2D eigenvalue weighted by Crippen LogP contribution is -2.40. The van der Waals surface area contributed by atoms with Crippen LogP contribution in [-0.4, -0.2) is 31.6 Å². The van der Waals surface area contributed by atoms with Crippen molar-refractivity contribution in [2.75, 3.05) is 24.2 Å². The summed E-state index contributed by atoms with van der Waals surface area (Å²) >= 11 is 0. The molecule has 1 aliphatic heterocycles. The van der Waals surface area contributed by atoms with Crippen molar-refractivity contribution in [3.63, 3.8) is 0 Å². The highest BCUT2D eigenvalue weighted by atomic mass is 16.2. The van der Waals surface area contributed by atoms with Crippen molar-refractivity contribution in [1.82, 2.24) is 10.6 Å². The second kappa shape index (κ2) is 7.08. The van der Waals surface area contributed by atoms with Crippen molar-refractivity contribution >= 4 is 23.3 Å². The van der Waals surface area contributed by atoms with Crippen LogP contribution in [0.25, 0.3) is 0 Å². The molecular weight excluding hydrogens is 268 g/mol. The maximum absolute atomic E-state index is 12.2. The molecule has 1 fully saturated rings. The molecule has 3 amide bonds. The minimum atomic E-state index is -0.268. The summed E-state index contributed by atoms with van der Waals surface area (Å²) in [6.07, 6.45) is 1.73. The third-order valence-electron chi connectivity index (χ3n) is 3.63. The number of urea groups is 1. The molecule has 0 spiro atoms. The molecule has 0 aromatic heterocycles. The Morgan fingerprint density at radius 3 is 2.33 bits per heavy atom. The van der Waals surface area contributed by atoms with Crippen molar-refractivity contribution in [3.05, 3.63) is 24.3 Å². The smallest absolute Gasteiger partial charge is 0.318 e. The quantitative estimate of drug-likeness (QED) is 0.684. The molecule has 1 aliphatic rings. The van der Waals surface area contributed by atoms with Gasteiger partial charge >= 0.3 is 6.03 Å². The number of hydrogen-bond acceptors (Lipinski definition) is 3. The van der Waals surface area contributed by atoms with Crippen LogP contribution >= 0.6 is 0 Å². The zero-order chi connectivity index (χ0) is 15.2. The number of hydrogen-bond donors (Lipinski definition) is 4. The molecule has 1 heterocycles. The zero-order valence-corrected chi connectivity index (χ0v) is 12.4. The van der Waals surface area contributed by atoms with Gasteiger partial charge in [0, 0.05) is 30.4 Å². The number of piperidine rings is 1. The Balaban J connectivity index is 1.90. The molecule has 6 heteroatoms. The molecule has 0 aliphatic carbocycles. The van der Waals surface area contributed by atoms with Crippen LogP contribution in [-0.2, 0) is 4.79 Å². The van der Waals surface area contributed by atoms with Crippen molar-refractivity contribution in [2.24, 2.45) is 5.92 Å². The maximum atomic E-state index is 12.2. The number of benzene rings is 1. The average Bonchev–Trinajstić information content (AvgIpc) is 2.49. The van der Waals surface area contributed by atoms with Crippen LogP contribution in [0.5, 0.6) is 0 Å². The molecule has 0 saturated carbocycles. The first-order valence-electron chi connectivity index (χ1n) is 7.21. The van der Waals surface area contributed by atoms with E-state index in [1.165, 1.54) is 0 Å². The van der Waals surface area contributed by atoms with E-state index in [2.05, 4.69) is 28.2 Å². The Labute approximate surface area is 124 Å². The molecule has 0 bridgehead atoms. The van der Waals surface area contributed by atoms with Gasteiger partial charge in [-0.05, 0) is 50.6 Å². The summed E-state index contributed by atoms with van der Waals surface area (Å²) < 4.78 is 0. The zero-order valence-electron chi connectivity index (χ0n) is 12.4. The average molecular weight is 290 g/mol. The lowest BCUT2D eigenvalue weighted by molar-refractivity contribution is -0.120. The number of amides is 3. The van der Waals surface area contributed by atoms with Gasteiger partial charge in [0.05, 0.1) is 0 Å². The standard InChI is InChI=1S/C15H22N4O2/c1-10-9-11(7-8-17-10)14(20)18-12-3-5-13(6-4-12)19-15(21)16-2/h3-6,10-11,17H,7-9H2,1-2H3,(H,18,20)(H2,16,19,21). The summed E-state index contributed by atoms with van der Waals surface area (Å²) in [7, 11) is 1.56. The fourth-order valence-electron chi connectivity index (χ4n) is 2.44. The first-order valence-corrected chi connectivity index (χ1v) is 7.21. The van der Waals surface area contributed by atoms with Gasteiger partial charge in [0.1, 0.15) is 0 Å². The van der Waals surface area contributed by atoms with Crippen LogP contribution in [0.2, 0.25) is 0 Å². The maximum Gasteiger partial charge on any atom is 0.318 e. The van der Waals surface area contributed by atoms with E-state index < -0.39 is 0 Å². The Hall–Kier alpha value is -2.08. The first-order chi connectivity index (χ1) is 10.1. The topological polar surface area (TPSA) is 82.3 Å². The highest BCUT2D eigenvalue weighted by Crippen LogP contribution is 2.19. The van der Waals surface area contributed by atoms with Crippen molar-refractivity contribution in [3.8, 4) is 0 Å². The fourth-order valence-corrected chi connectivity index (χ4v) is 2.44. The van der Waals surface area contributed by atoms with Crippen molar-refractivity contribution in [1.29, 1.82) is 0 Å². The van der Waals surface area contributed by atoms with Crippen LogP contribution in [0.3, 0.4) is 0 Å². The van der Waals surface area contributed by atoms with Gasteiger partial charge in [-0.3, -0.25) is 4.79 Å². The van der Waals surface area contributed by atoms with E-state index in [1.54, 1.807) is 31.3 Å². The van der Waals surface area contributed by atoms with E-state index >= 15 is 0 Å². The van der Waals surface area contributed by atoms with Gasteiger partial charge in [0.2, 0.25) is 5.91 Å². The van der Waals surface area contributed by atoms with Crippen LogP contribution in [0.15, 0.2) is 24.3 Å². The summed E-state index contributed by atoms with van der Waals surface area (Å²) in [6, 6.07) is 7.21. The Kier molecular flexibility index (Phi) is 5.16. The Morgan fingerprint density at radius 2 is 1.76 bits per heavy atom. The minimum absolute atomic E-state index is 0.0601. The summed E-state index contributed by atoms with van der Waals surface area (Å²) in [6.45, 7) is 2.98. The number of rotatable bonds is 3. The first kappa shape index (κ1) is 15.3. The van der Waals surface area contributed by atoms with Gasteiger partial charge in [0.25, 0.3) is 0 Å². The van der Waals surface area contributed by atoms with Crippen LogP contribution in [0.4, 0.5) is 16.2 Å². The summed E-state index contributed by atoms with van der Waals surface area (Å²) in [5.74, 6) is 0.125.